The summed E-state index contributed by atoms with van der Waals surface area (Å²) in [6, 6.07) is 7.50. The molecule has 0 aliphatic carbocycles. The summed E-state index contributed by atoms with van der Waals surface area (Å²) in [6.07, 6.45) is 4.91. The summed E-state index contributed by atoms with van der Waals surface area (Å²) in [5.41, 5.74) is 0.536. The smallest absolute Gasteiger partial charge is 0.316 e. The second-order valence-electron chi connectivity index (χ2n) is 5.99. The van der Waals surface area contributed by atoms with E-state index in [0.717, 1.165) is 12.8 Å². The van der Waals surface area contributed by atoms with Gasteiger partial charge in [0.15, 0.2) is 11.5 Å². The molecule has 2 aliphatic rings. The van der Waals surface area contributed by atoms with Gasteiger partial charge >= 0.3 is 6.01 Å². The summed E-state index contributed by atoms with van der Waals surface area (Å²) in [6.45, 7) is 2.15. The summed E-state index contributed by atoms with van der Waals surface area (Å²) in [5.74, 6) is 1.09. The van der Waals surface area contributed by atoms with Gasteiger partial charge in [-0.25, -0.2) is 9.97 Å². The first-order valence-corrected chi connectivity index (χ1v) is 8.43. The van der Waals surface area contributed by atoms with Crippen LogP contribution in [0.15, 0.2) is 36.7 Å². The number of ether oxygens (including phenoxy) is 3. The molecule has 0 bridgehead atoms. The molecule has 2 aromatic rings. The molecular weight excluding hydrogens is 322 g/mol. The molecule has 1 atom stereocenters. The minimum Gasteiger partial charge on any atom is -0.486 e. The fourth-order valence-electron chi connectivity index (χ4n) is 3.13. The zero-order chi connectivity index (χ0) is 17.1. The lowest BCUT2D eigenvalue weighted by Gasteiger charge is -2.33. The van der Waals surface area contributed by atoms with Crippen molar-refractivity contribution in [3.63, 3.8) is 0 Å². The van der Waals surface area contributed by atoms with E-state index in [0.29, 0.717) is 49.4 Å². The van der Waals surface area contributed by atoms with Gasteiger partial charge in [0, 0.05) is 18.9 Å². The molecule has 0 saturated carbocycles. The van der Waals surface area contributed by atoms with Crippen LogP contribution in [0.4, 0.5) is 0 Å². The minimum absolute atomic E-state index is 0.0652. The van der Waals surface area contributed by atoms with E-state index in [1.54, 1.807) is 29.4 Å². The van der Waals surface area contributed by atoms with Crippen molar-refractivity contribution in [3.05, 3.63) is 42.2 Å². The maximum Gasteiger partial charge on any atom is 0.316 e. The number of hydrogen-bond donors (Lipinski definition) is 0. The molecule has 1 fully saturated rings. The molecule has 7 nitrogen and oxygen atoms in total. The van der Waals surface area contributed by atoms with Gasteiger partial charge < -0.3 is 19.1 Å². The maximum atomic E-state index is 13.0. The van der Waals surface area contributed by atoms with E-state index in [9.17, 15) is 4.79 Å². The van der Waals surface area contributed by atoms with Crippen molar-refractivity contribution in [2.45, 2.75) is 18.9 Å². The topological polar surface area (TPSA) is 73.8 Å². The molecule has 0 N–H and O–H groups in total. The first-order chi connectivity index (χ1) is 12.3. The van der Waals surface area contributed by atoms with E-state index >= 15 is 0 Å². The van der Waals surface area contributed by atoms with E-state index < -0.39 is 0 Å². The van der Waals surface area contributed by atoms with E-state index in [4.69, 9.17) is 14.2 Å². The number of hydrogen-bond acceptors (Lipinski definition) is 6. The number of piperidine rings is 1. The quantitative estimate of drug-likeness (QED) is 0.849. The lowest BCUT2D eigenvalue weighted by Crippen LogP contribution is -2.44. The number of benzene rings is 1. The minimum atomic E-state index is -0.114. The van der Waals surface area contributed by atoms with Gasteiger partial charge in [0.2, 0.25) is 0 Å². The number of nitrogens with zero attached hydrogens (tertiary/aromatic N) is 3. The molecule has 1 aromatic heterocycles. The summed E-state index contributed by atoms with van der Waals surface area (Å²) >= 11 is 0. The van der Waals surface area contributed by atoms with E-state index in [1.165, 1.54) is 0 Å². The number of fused-ring (bicyclic) bond motifs is 1. The fraction of sp³-hybridized carbons (Fsp3) is 0.389. The van der Waals surface area contributed by atoms with Crippen molar-refractivity contribution in [2.75, 3.05) is 26.3 Å². The van der Waals surface area contributed by atoms with Gasteiger partial charge in [-0.05, 0) is 31.0 Å². The lowest BCUT2D eigenvalue weighted by atomic mass is 10.1. The first kappa shape index (κ1) is 15.7. The molecule has 1 aromatic carbocycles. The van der Waals surface area contributed by atoms with Crippen LogP contribution in [0.1, 0.15) is 23.2 Å². The average molecular weight is 341 g/mol. The monoisotopic (exact) mass is 341 g/mol. The van der Waals surface area contributed by atoms with Crippen molar-refractivity contribution < 1.29 is 19.0 Å². The van der Waals surface area contributed by atoms with Gasteiger partial charge in [0.25, 0.3) is 5.91 Å². The maximum absolute atomic E-state index is 13.0. The first-order valence-electron chi connectivity index (χ1n) is 8.43. The van der Waals surface area contributed by atoms with E-state index in [2.05, 4.69) is 9.97 Å². The molecule has 1 amide bonds. The van der Waals surface area contributed by atoms with Crippen molar-refractivity contribution in [1.82, 2.24) is 14.9 Å². The Morgan fingerprint density at radius 1 is 1.16 bits per heavy atom. The van der Waals surface area contributed by atoms with Gasteiger partial charge in [-0.3, -0.25) is 4.79 Å². The average Bonchev–Trinajstić information content (AvgIpc) is 2.68. The van der Waals surface area contributed by atoms with Crippen molar-refractivity contribution in [1.29, 1.82) is 0 Å². The fourth-order valence-corrected chi connectivity index (χ4v) is 3.13. The summed E-state index contributed by atoms with van der Waals surface area (Å²) in [7, 11) is 0. The largest absolute Gasteiger partial charge is 0.486 e. The SMILES string of the molecule is O=C(c1cccc2c1OCCO2)N1CCCC(Oc2ncccn2)C1. The Bertz CT molecular complexity index is 753. The molecule has 25 heavy (non-hydrogen) atoms. The second kappa shape index (κ2) is 6.96. The van der Waals surface area contributed by atoms with Crippen LogP contribution < -0.4 is 14.2 Å². The molecule has 130 valence electrons. The highest BCUT2D eigenvalue weighted by molar-refractivity contribution is 5.98. The summed E-state index contributed by atoms with van der Waals surface area (Å²) in [4.78, 5) is 22.9. The Balaban J connectivity index is 1.49. The van der Waals surface area contributed by atoms with Crippen LogP contribution in [0.2, 0.25) is 0 Å². The molecule has 2 aliphatic heterocycles. The number of carbonyl (C=O) groups is 1. The van der Waals surface area contributed by atoms with Crippen LogP contribution in [0.3, 0.4) is 0 Å². The standard InChI is InChI=1S/C18H19N3O4/c22-17(14-5-1-6-15-16(14)24-11-10-23-15)21-9-2-4-13(12-21)25-18-19-7-3-8-20-18/h1,3,5-8,13H,2,4,9-12H2. The van der Waals surface area contributed by atoms with Crippen LogP contribution in [0, 0.1) is 0 Å². The molecule has 4 rings (SSSR count). The normalized spacial score (nSPS) is 19.4. The molecule has 1 saturated heterocycles. The zero-order valence-electron chi connectivity index (χ0n) is 13.8. The highest BCUT2D eigenvalue weighted by atomic mass is 16.6. The third kappa shape index (κ3) is 3.35. The number of carbonyl (C=O) groups excluding carboxylic acids is 1. The van der Waals surface area contributed by atoms with Crippen LogP contribution in [0.25, 0.3) is 0 Å². The van der Waals surface area contributed by atoms with Crippen molar-refractivity contribution >= 4 is 5.91 Å². The molecule has 0 radical (unpaired) electrons. The van der Waals surface area contributed by atoms with Crippen LogP contribution in [0.5, 0.6) is 17.5 Å². The number of aromatic nitrogens is 2. The van der Waals surface area contributed by atoms with Gasteiger partial charge in [-0.15, -0.1) is 0 Å². The van der Waals surface area contributed by atoms with Gasteiger partial charge in [-0.1, -0.05) is 6.07 Å². The number of para-hydroxylation sites is 1. The molecule has 3 heterocycles. The Hall–Kier alpha value is -2.83. The molecule has 1 unspecified atom stereocenters. The Labute approximate surface area is 145 Å². The van der Waals surface area contributed by atoms with Crippen molar-refractivity contribution in [2.24, 2.45) is 0 Å². The molecular formula is C18H19N3O4. The van der Waals surface area contributed by atoms with Crippen LogP contribution in [-0.2, 0) is 0 Å². The van der Waals surface area contributed by atoms with Gasteiger partial charge in [-0.2, -0.15) is 0 Å². The third-order valence-electron chi connectivity index (χ3n) is 4.28. The number of rotatable bonds is 3. The van der Waals surface area contributed by atoms with E-state index in [1.807, 2.05) is 12.1 Å². The summed E-state index contributed by atoms with van der Waals surface area (Å²) < 4.78 is 17.0. The summed E-state index contributed by atoms with van der Waals surface area (Å²) in [5, 5.41) is 0. The zero-order valence-corrected chi connectivity index (χ0v) is 13.8. The highest BCUT2D eigenvalue weighted by Gasteiger charge is 2.29. The highest BCUT2D eigenvalue weighted by Crippen LogP contribution is 2.34. The Morgan fingerprint density at radius 2 is 2.00 bits per heavy atom. The third-order valence-corrected chi connectivity index (χ3v) is 4.28. The Kier molecular flexibility index (Phi) is 4.37. The second-order valence-corrected chi connectivity index (χ2v) is 5.99. The van der Waals surface area contributed by atoms with Crippen LogP contribution in [-0.4, -0.2) is 53.2 Å². The molecule has 7 heteroatoms. The number of likely N-dealkylation sites (tertiary alicyclic amines) is 1. The van der Waals surface area contributed by atoms with Gasteiger partial charge in [0.1, 0.15) is 19.3 Å². The Morgan fingerprint density at radius 3 is 2.88 bits per heavy atom. The van der Waals surface area contributed by atoms with Gasteiger partial charge in [0.05, 0.1) is 12.1 Å². The lowest BCUT2D eigenvalue weighted by molar-refractivity contribution is 0.0508. The van der Waals surface area contributed by atoms with E-state index in [-0.39, 0.29) is 12.0 Å². The predicted octanol–water partition coefficient (Wildman–Crippen LogP) is 1.93. The van der Waals surface area contributed by atoms with Crippen molar-refractivity contribution in [3.8, 4) is 17.5 Å². The van der Waals surface area contributed by atoms with Crippen LogP contribution >= 0.6 is 0 Å². The number of amides is 1. The molecule has 0 spiro atoms. The predicted molar refractivity (Wildman–Crippen MR) is 89.0 cm³/mol.